The molecular formula is C60H117NO8. The van der Waals surface area contributed by atoms with Gasteiger partial charge in [0.05, 0.1) is 40.3 Å². The summed E-state index contributed by atoms with van der Waals surface area (Å²) in [6, 6.07) is 0. The second-order valence-corrected chi connectivity index (χ2v) is 22.0. The second kappa shape index (κ2) is 52.6. The van der Waals surface area contributed by atoms with Crippen molar-refractivity contribution in [3.63, 3.8) is 0 Å². The molecular weight excluding hydrogens is 863 g/mol. The molecule has 2 unspecified atom stereocenters. The number of likely N-dealkylation sites (N-methyl/N-ethyl adjacent to an activating group) is 1. The fourth-order valence-electron chi connectivity index (χ4n) is 9.19. The summed E-state index contributed by atoms with van der Waals surface area (Å²) in [6.45, 7) is 4.78. The fourth-order valence-corrected chi connectivity index (χ4v) is 9.19. The van der Waals surface area contributed by atoms with E-state index in [4.69, 9.17) is 18.9 Å². The number of quaternary nitrogens is 1. The number of hydrogen-bond donors (Lipinski definition) is 0. The molecule has 0 N–H and O–H groups in total. The van der Waals surface area contributed by atoms with Gasteiger partial charge in [-0.1, -0.05) is 284 Å². The predicted octanol–water partition coefficient (Wildman–Crippen LogP) is 16.2. The molecule has 410 valence electrons. The highest BCUT2D eigenvalue weighted by Gasteiger charge is 2.22. The van der Waals surface area contributed by atoms with E-state index < -0.39 is 24.3 Å². The molecule has 0 fully saturated rings. The highest BCUT2D eigenvalue weighted by Crippen LogP contribution is 2.18. The van der Waals surface area contributed by atoms with Crippen LogP contribution in [0.5, 0.6) is 0 Å². The maximum absolute atomic E-state index is 12.8. The van der Waals surface area contributed by atoms with Crippen molar-refractivity contribution in [2.75, 3.05) is 47.5 Å². The van der Waals surface area contributed by atoms with Gasteiger partial charge in [-0.05, 0) is 12.8 Å². The van der Waals surface area contributed by atoms with E-state index in [0.29, 0.717) is 17.4 Å². The number of aliphatic carboxylic acids is 1. The minimum atomic E-state index is -1.61. The zero-order chi connectivity index (χ0) is 50.6. The first-order valence-corrected chi connectivity index (χ1v) is 30.2. The summed E-state index contributed by atoms with van der Waals surface area (Å²) in [4.78, 5) is 37.1. The highest BCUT2D eigenvalue weighted by atomic mass is 16.7. The topological polar surface area (TPSA) is 111 Å². The van der Waals surface area contributed by atoms with Crippen LogP contribution >= 0.6 is 0 Å². The first-order chi connectivity index (χ1) is 33.6. The molecule has 0 rings (SSSR count). The summed E-state index contributed by atoms with van der Waals surface area (Å²) in [6.07, 6.45) is 56.2. The first-order valence-electron chi connectivity index (χ1n) is 30.2. The van der Waals surface area contributed by atoms with E-state index in [-0.39, 0.29) is 32.2 Å². The molecule has 0 bridgehead atoms. The van der Waals surface area contributed by atoms with Crippen molar-refractivity contribution < 1.29 is 42.9 Å². The van der Waals surface area contributed by atoms with Gasteiger partial charge in [-0.25, -0.2) is 0 Å². The molecule has 0 saturated heterocycles. The minimum Gasteiger partial charge on any atom is -0.545 e. The lowest BCUT2D eigenvalue weighted by molar-refractivity contribution is -0.870. The van der Waals surface area contributed by atoms with Crippen molar-refractivity contribution in [3.05, 3.63) is 0 Å². The molecule has 0 aliphatic rings. The number of carboxylic acid groups (broad SMARTS) is 1. The largest absolute Gasteiger partial charge is 0.545 e. The van der Waals surface area contributed by atoms with Gasteiger partial charge in [-0.2, -0.15) is 0 Å². The molecule has 69 heavy (non-hydrogen) atoms. The Balaban J connectivity index is 3.92. The normalized spacial score (nSPS) is 12.7. The van der Waals surface area contributed by atoms with E-state index in [1.807, 2.05) is 21.1 Å². The average Bonchev–Trinajstić information content (AvgIpc) is 3.31. The standard InChI is InChI=1S/C60H117NO8/c1-6-8-10-12-14-16-18-19-20-21-22-23-24-25-26-27-28-29-30-31-32-33-34-35-36-37-38-39-40-41-43-45-47-49-51-58(63)69-56(55-68-60(59(64)65)66-53-52-61(3,4)5)54-67-57(62)50-48-46-44-42-17-15-13-11-9-7-2/h56,60H,6-55H2,1-5H3. The Hall–Kier alpha value is -1.71. The molecule has 0 saturated carbocycles. The molecule has 0 aromatic rings. The van der Waals surface area contributed by atoms with Crippen LogP contribution in [0.4, 0.5) is 0 Å². The van der Waals surface area contributed by atoms with Gasteiger partial charge in [0.25, 0.3) is 0 Å². The monoisotopic (exact) mass is 980 g/mol. The number of rotatable bonds is 57. The molecule has 0 aromatic carbocycles. The van der Waals surface area contributed by atoms with Gasteiger partial charge >= 0.3 is 11.9 Å². The number of unbranched alkanes of at least 4 members (excludes halogenated alkanes) is 42. The van der Waals surface area contributed by atoms with E-state index >= 15 is 0 Å². The SMILES string of the molecule is CCCCCCCCCCCCCCCCCCCCCCCCCCCCCCCCCCCCC(=O)OC(COC(=O)CCCCCCCCCCCC)COC(OCC[N+](C)(C)C)C(=O)[O-]. The first kappa shape index (κ1) is 67.3. The average molecular weight is 981 g/mol. The lowest BCUT2D eigenvalue weighted by Crippen LogP contribution is -2.44. The summed E-state index contributed by atoms with van der Waals surface area (Å²) in [5.41, 5.74) is 0. The van der Waals surface area contributed by atoms with Crippen LogP contribution in [0.25, 0.3) is 0 Å². The predicted molar refractivity (Wildman–Crippen MR) is 288 cm³/mol. The molecule has 0 heterocycles. The summed E-state index contributed by atoms with van der Waals surface area (Å²) in [5, 5.41) is 11.7. The Labute approximate surface area is 428 Å². The van der Waals surface area contributed by atoms with Crippen LogP contribution in [-0.4, -0.2) is 82.3 Å². The smallest absolute Gasteiger partial charge is 0.306 e. The third kappa shape index (κ3) is 53.9. The molecule has 0 aliphatic heterocycles. The van der Waals surface area contributed by atoms with Crippen LogP contribution in [0.15, 0.2) is 0 Å². The van der Waals surface area contributed by atoms with Gasteiger partial charge in [0.15, 0.2) is 12.4 Å². The molecule has 2 atom stereocenters. The number of carbonyl (C=O) groups excluding carboxylic acids is 3. The van der Waals surface area contributed by atoms with Gasteiger partial charge in [0.2, 0.25) is 0 Å². The third-order valence-electron chi connectivity index (χ3n) is 13.9. The molecule has 0 aliphatic carbocycles. The molecule has 0 radical (unpaired) electrons. The maximum Gasteiger partial charge on any atom is 0.306 e. The van der Waals surface area contributed by atoms with Crippen LogP contribution in [0, 0.1) is 0 Å². The zero-order valence-corrected chi connectivity index (χ0v) is 46.7. The number of nitrogens with zero attached hydrogens (tertiary/aromatic N) is 1. The number of carboxylic acids is 1. The lowest BCUT2D eigenvalue weighted by atomic mass is 10.0. The van der Waals surface area contributed by atoms with Gasteiger partial charge in [0, 0.05) is 12.8 Å². The van der Waals surface area contributed by atoms with Crippen molar-refractivity contribution in [2.45, 2.75) is 322 Å². The van der Waals surface area contributed by atoms with Crippen LogP contribution in [0.1, 0.15) is 309 Å². The van der Waals surface area contributed by atoms with E-state index in [1.54, 1.807) is 0 Å². The van der Waals surface area contributed by atoms with Crippen molar-refractivity contribution >= 4 is 17.9 Å². The second-order valence-electron chi connectivity index (χ2n) is 22.0. The highest BCUT2D eigenvalue weighted by molar-refractivity contribution is 5.70. The van der Waals surface area contributed by atoms with Crippen LogP contribution in [-0.2, 0) is 33.3 Å². The number of esters is 2. The summed E-state index contributed by atoms with van der Waals surface area (Å²) in [5.74, 6) is -2.26. The number of hydrogen-bond acceptors (Lipinski definition) is 8. The lowest BCUT2D eigenvalue weighted by Gasteiger charge is -2.26. The molecule has 9 nitrogen and oxygen atoms in total. The van der Waals surface area contributed by atoms with Gasteiger partial charge in [0.1, 0.15) is 13.2 Å². The van der Waals surface area contributed by atoms with Crippen LogP contribution in [0.3, 0.4) is 0 Å². The van der Waals surface area contributed by atoms with E-state index in [1.165, 1.54) is 244 Å². The van der Waals surface area contributed by atoms with Crippen LogP contribution in [0.2, 0.25) is 0 Å². The summed E-state index contributed by atoms with van der Waals surface area (Å²) >= 11 is 0. The van der Waals surface area contributed by atoms with E-state index in [9.17, 15) is 19.5 Å². The quantitative estimate of drug-likeness (QED) is 0.0256. The minimum absolute atomic E-state index is 0.153. The third-order valence-corrected chi connectivity index (χ3v) is 13.9. The van der Waals surface area contributed by atoms with Gasteiger partial charge in [-0.15, -0.1) is 0 Å². The van der Waals surface area contributed by atoms with Crippen molar-refractivity contribution in [1.29, 1.82) is 0 Å². The molecule has 0 aromatic heterocycles. The summed E-state index contributed by atoms with van der Waals surface area (Å²) < 4.78 is 22.6. The Bertz CT molecular complexity index is 1100. The Morgan fingerprint density at radius 3 is 0.928 bits per heavy atom. The molecule has 0 spiro atoms. The van der Waals surface area contributed by atoms with E-state index in [0.717, 1.165) is 38.5 Å². The summed E-state index contributed by atoms with van der Waals surface area (Å²) in [7, 11) is 5.93. The Kier molecular flexibility index (Phi) is 51.3. The Morgan fingerprint density at radius 1 is 0.377 bits per heavy atom. The maximum atomic E-state index is 12.8. The fraction of sp³-hybridized carbons (Fsp3) is 0.950. The van der Waals surface area contributed by atoms with Crippen molar-refractivity contribution in [2.24, 2.45) is 0 Å². The van der Waals surface area contributed by atoms with Crippen LogP contribution < -0.4 is 5.11 Å². The number of ether oxygens (including phenoxy) is 4. The van der Waals surface area contributed by atoms with E-state index in [2.05, 4.69) is 13.8 Å². The van der Waals surface area contributed by atoms with Gasteiger partial charge in [-0.3, -0.25) is 9.59 Å². The Morgan fingerprint density at radius 2 is 0.652 bits per heavy atom. The zero-order valence-electron chi connectivity index (χ0n) is 46.7. The van der Waals surface area contributed by atoms with Crippen molar-refractivity contribution in [3.8, 4) is 0 Å². The van der Waals surface area contributed by atoms with Crippen molar-refractivity contribution in [1.82, 2.24) is 0 Å². The molecule has 0 amide bonds. The van der Waals surface area contributed by atoms with Gasteiger partial charge < -0.3 is 33.3 Å². The number of carbonyl (C=O) groups is 3. The molecule has 9 heteroatoms.